The molecule has 206 valence electrons. The Morgan fingerprint density at radius 1 is 1.13 bits per heavy atom. The molecule has 3 fully saturated rings. The zero-order chi connectivity index (χ0) is 27.1. The highest BCUT2D eigenvalue weighted by atomic mass is 19.1. The quantitative estimate of drug-likeness (QED) is 0.292. The van der Waals surface area contributed by atoms with E-state index in [2.05, 4.69) is 41.6 Å². The topological polar surface area (TPSA) is 56.6 Å². The molecular weight excluding hydrogens is 493 g/mol. The average Bonchev–Trinajstić information content (AvgIpc) is 3.37. The van der Waals surface area contributed by atoms with E-state index in [0.717, 1.165) is 30.6 Å². The second kappa shape index (κ2) is 10.8. The van der Waals surface area contributed by atoms with Gasteiger partial charge in [0, 0.05) is 24.9 Å². The summed E-state index contributed by atoms with van der Waals surface area (Å²) in [4.78, 5) is 13.9. The summed E-state index contributed by atoms with van der Waals surface area (Å²) in [5, 5.41) is 4.82. The molecule has 6 nitrogen and oxygen atoms in total. The number of hydrogen-bond acceptors (Lipinski definition) is 5. The number of benzene rings is 2. The van der Waals surface area contributed by atoms with Crippen LogP contribution < -0.4 is 4.90 Å². The van der Waals surface area contributed by atoms with Gasteiger partial charge in [-0.15, -0.1) is 0 Å². The van der Waals surface area contributed by atoms with Gasteiger partial charge in [0.05, 0.1) is 42.6 Å². The summed E-state index contributed by atoms with van der Waals surface area (Å²) in [6, 6.07) is 12.0. The molecule has 6 rings (SSSR count). The maximum absolute atomic E-state index is 15.1. The molecule has 1 saturated heterocycles. The molecule has 0 amide bonds. The summed E-state index contributed by atoms with van der Waals surface area (Å²) < 4.78 is 28.8. The number of nitrogens with zero attached hydrogens (tertiary/aromatic N) is 3. The van der Waals surface area contributed by atoms with Crippen molar-refractivity contribution in [1.29, 1.82) is 0 Å². The van der Waals surface area contributed by atoms with E-state index in [9.17, 15) is 4.79 Å². The second-order valence-corrected chi connectivity index (χ2v) is 11.5. The lowest BCUT2D eigenvalue weighted by atomic mass is 10.0. The smallest absolute Gasteiger partial charge is 0.306 e. The van der Waals surface area contributed by atoms with Crippen molar-refractivity contribution in [2.24, 2.45) is 5.92 Å². The minimum absolute atomic E-state index is 0.173. The van der Waals surface area contributed by atoms with Gasteiger partial charge in [0.2, 0.25) is 0 Å². The van der Waals surface area contributed by atoms with Crippen molar-refractivity contribution in [2.45, 2.75) is 84.0 Å². The standard InChI is InChI=1S/C32H38FN3O3/c1-4-38-31(37)13-9-22-8-12-28(27(33)14-22)35-18-24-15-25(35)16-30(24)39-19-29-26(23-10-11-23)17-34-36(29)32-20(2)6-5-7-21(32)3/h5-8,12,14,17,23-25,30H,4,9-11,13,15-16,18-19H2,1-3H3/t24-,25-,30+/m0/s1. The molecule has 2 aliphatic carbocycles. The van der Waals surface area contributed by atoms with Crippen LogP contribution in [0, 0.1) is 25.6 Å². The summed E-state index contributed by atoms with van der Waals surface area (Å²) in [6.07, 6.45) is 7.36. The van der Waals surface area contributed by atoms with E-state index in [4.69, 9.17) is 14.6 Å². The molecule has 2 heterocycles. The highest BCUT2D eigenvalue weighted by molar-refractivity contribution is 5.69. The molecule has 2 aromatic carbocycles. The Bertz CT molecular complexity index is 1340. The van der Waals surface area contributed by atoms with Crippen molar-refractivity contribution in [3.05, 3.63) is 76.4 Å². The van der Waals surface area contributed by atoms with Crippen molar-refractivity contribution < 1.29 is 18.7 Å². The molecule has 2 saturated carbocycles. The molecule has 3 atom stereocenters. The molecule has 0 N–H and O–H groups in total. The number of hydrogen-bond donors (Lipinski definition) is 0. The molecule has 7 heteroatoms. The Morgan fingerprint density at radius 3 is 2.59 bits per heavy atom. The molecule has 2 bridgehead atoms. The zero-order valence-electron chi connectivity index (χ0n) is 23.2. The first kappa shape index (κ1) is 26.1. The van der Waals surface area contributed by atoms with Crippen LogP contribution in [0.3, 0.4) is 0 Å². The maximum Gasteiger partial charge on any atom is 0.306 e. The van der Waals surface area contributed by atoms with Crippen LogP contribution in [0.25, 0.3) is 5.69 Å². The molecule has 3 aliphatic rings. The van der Waals surface area contributed by atoms with Crippen LogP contribution in [0.5, 0.6) is 0 Å². The SMILES string of the molecule is CCOC(=O)CCc1ccc(N2C[C@@H]3C[C@H]2C[C@H]3OCc2c(C3CC3)cnn2-c2c(C)cccc2C)c(F)c1. The van der Waals surface area contributed by atoms with Crippen LogP contribution >= 0.6 is 0 Å². The van der Waals surface area contributed by atoms with Gasteiger partial charge in [-0.1, -0.05) is 24.3 Å². The Kier molecular flexibility index (Phi) is 7.19. The van der Waals surface area contributed by atoms with E-state index < -0.39 is 0 Å². The normalized spacial score (nSPS) is 22.1. The largest absolute Gasteiger partial charge is 0.466 e. The number of rotatable bonds is 10. The third-order valence-electron chi connectivity index (χ3n) is 8.73. The first-order valence-electron chi connectivity index (χ1n) is 14.4. The summed E-state index contributed by atoms with van der Waals surface area (Å²) in [7, 11) is 0. The van der Waals surface area contributed by atoms with Crippen molar-refractivity contribution in [1.82, 2.24) is 9.78 Å². The predicted molar refractivity (Wildman–Crippen MR) is 149 cm³/mol. The number of aromatic nitrogens is 2. The first-order chi connectivity index (χ1) is 18.9. The van der Waals surface area contributed by atoms with E-state index in [1.165, 1.54) is 35.2 Å². The maximum atomic E-state index is 15.1. The number of halogens is 1. The van der Waals surface area contributed by atoms with Gasteiger partial charge in [-0.05, 0) is 93.2 Å². The number of carbonyl (C=O) groups is 1. The second-order valence-electron chi connectivity index (χ2n) is 11.5. The lowest BCUT2D eigenvalue weighted by Gasteiger charge is -2.33. The van der Waals surface area contributed by atoms with E-state index in [1.807, 2.05) is 18.3 Å². The third-order valence-corrected chi connectivity index (χ3v) is 8.73. The van der Waals surface area contributed by atoms with E-state index in [1.54, 1.807) is 13.0 Å². The number of esters is 1. The minimum atomic E-state index is -0.244. The monoisotopic (exact) mass is 531 g/mol. The van der Waals surface area contributed by atoms with E-state index in [0.29, 0.717) is 37.2 Å². The summed E-state index contributed by atoms with van der Waals surface area (Å²) >= 11 is 0. The van der Waals surface area contributed by atoms with Crippen molar-refractivity contribution in [3.63, 3.8) is 0 Å². The summed E-state index contributed by atoms with van der Waals surface area (Å²) in [5.74, 6) is 0.526. The fraction of sp³-hybridized carbons (Fsp3) is 0.500. The number of anilines is 1. The molecule has 1 aromatic heterocycles. The van der Waals surface area contributed by atoms with Crippen LogP contribution in [0.2, 0.25) is 0 Å². The number of ether oxygens (including phenoxy) is 2. The highest BCUT2D eigenvalue weighted by Crippen LogP contribution is 2.45. The lowest BCUT2D eigenvalue weighted by molar-refractivity contribution is -0.143. The van der Waals surface area contributed by atoms with Crippen molar-refractivity contribution in [2.75, 3.05) is 18.1 Å². The van der Waals surface area contributed by atoms with Crippen LogP contribution in [-0.4, -0.2) is 41.0 Å². The van der Waals surface area contributed by atoms with Gasteiger partial charge in [0.25, 0.3) is 0 Å². The first-order valence-corrected chi connectivity index (χ1v) is 14.4. The van der Waals surface area contributed by atoms with Gasteiger partial charge in [-0.25, -0.2) is 9.07 Å². The van der Waals surface area contributed by atoms with Crippen molar-refractivity contribution in [3.8, 4) is 5.69 Å². The number of aryl methyl sites for hydroxylation is 3. The molecule has 1 aliphatic heterocycles. The Morgan fingerprint density at radius 2 is 1.92 bits per heavy atom. The molecule has 0 radical (unpaired) electrons. The number of piperidine rings is 1. The van der Waals surface area contributed by atoms with Gasteiger partial charge in [-0.2, -0.15) is 5.10 Å². The molecule has 39 heavy (non-hydrogen) atoms. The highest BCUT2D eigenvalue weighted by Gasteiger charge is 2.46. The summed E-state index contributed by atoms with van der Waals surface area (Å²) in [5.41, 5.74) is 7.57. The van der Waals surface area contributed by atoms with Crippen LogP contribution in [0.1, 0.15) is 72.9 Å². The third kappa shape index (κ3) is 5.21. The predicted octanol–water partition coefficient (Wildman–Crippen LogP) is 6.19. The lowest BCUT2D eigenvalue weighted by Crippen LogP contribution is -2.39. The van der Waals surface area contributed by atoms with E-state index in [-0.39, 0.29) is 30.4 Å². The molecule has 0 spiro atoms. The van der Waals surface area contributed by atoms with Crippen LogP contribution in [0.15, 0.2) is 42.6 Å². The Hall–Kier alpha value is -3.19. The number of carbonyl (C=O) groups excluding carboxylic acids is 1. The molecular formula is C32H38FN3O3. The number of fused-ring (bicyclic) bond motifs is 2. The fourth-order valence-electron chi connectivity index (χ4n) is 6.61. The van der Waals surface area contributed by atoms with Gasteiger partial charge >= 0.3 is 5.97 Å². The molecule has 0 unspecified atom stereocenters. The van der Waals surface area contributed by atoms with Gasteiger partial charge in [-0.3, -0.25) is 4.79 Å². The molecule has 3 aromatic rings. The van der Waals surface area contributed by atoms with Gasteiger partial charge in [0.15, 0.2) is 0 Å². The average molecular weight is 532 g/mol. The Labute approximate surface area is 230 Å². The van der Waals surface area contributed by atoms with Crippen molar-refractivity contribution >= 4 is 11.7 Å². The minimum Gasteiger partial charge on any atom is -0.466 e. The van der Waals surface area contributed by atoms with Gasteiger partial charge < -0.3 is 14.4 Å². The van der Waals surface area contributed by atoms with Crippen LogP contribution in [0.4, 0.5) is 10.1 Å². The fourth-order valence-corrected chi connectivity index (χ4v) is 6.61. The number of para-hydroxylation sites is 1. The zero-order valence-corrected chi connectivity index (χ0v) is 23.2. The van der Waals surface area contributed by atoms with Crippen LogP contribution in [-0.2, 0) is 27.3 Å². The van der Waals surface area contributed by atoms with Gasteiger partial charge in [0.1, 0.15) is 5.82 Å². The Balaban J connectivity index is 1.11. The van der Waals surface area contributed by atoms with E-state index >= 15 is 4.39 Å². The summed E-state index contributed by atoms with van der Waals surface area (Å²) in [6.45, 7) is 7.80.